The summed E-state index contributed by atoms with van der Waals surface area (Å²) in [7, 11) is 1.58. The number of nitrogens with zero attached hydrogens (tertiary/aromatic N) is 1. The highest BCUT2D eigenvalue weighted by Crippen LogP contribution is 2.20. The van der Waals surface area contributed by atoms with Gasteiger partial charge in [-0.05, 0) is 36.6 Å². The van der Waals surface area contributed by atoms with Crippen LogP contribution in [-0.4, -0.2) is 54.9 Å². The Bertz CT molecular complexity index is 796. The summed E-state index contributed by atoms with van der Waals surface area (Å²) >= 11 is 0. The summed E-state index contributed by atoms with van der Waals surface area (Å²) in [4.78, 5) is 14.5. The molecule has 2 N–H and O–H groups in total. The van der Waals surface area contributed by atoms with Gasteiger partial charge in [-0.3, -0.25) is 9.69 Å². The molecule has 1 amide bonds. The van der Waals surface area contributed by atoms with Gasteiger partial charge in [0.2, 0.25) is 0 Å². The lowest BCUT2D eigenvalue weighted by molar-refractivity contribution is -0.127. The van der Waals surface area contributed by atoms with Crippen LogP contribution in [0.25, 0.3) is 0 Å². The maximum absolute atomic E-state index is 12.3. The van der Waals surface area contributed by atoms with Crippen LogP contribution in [0.1, 0.15) is 18.1 Å². The first-order chi connectivity index (χ1) is 13.5. The van der Waals surface area contributed by atoms with Crippen molar-refractivity contribution in [2.24, 2.45) is 0 Å². The van der Waals surface area contributed by atoms with Crippen molar-refractivity contribution >= 4 is 5.91 Å². The molecule has 2 atom stereocenters. The molecule has 6 nitrogen and oxygen atoms in total. The molecule has 3 rings (SSSR count). The third-order valence-electron chi connectivity index (χ3n) is 4.91. The Morgan fingerprint density at radius 1 is 1.18 bits per heavy atom. The van der Waals surface area contributed by atoms with E-state index in [9.17, 15) is 9.90 Å². The molecule has 6 heteroatoms. The van der Waals surface area contributed by atoms with Gasteiger partial charge >= 0.3 is 0 Å². The highest BCUT2D eigenvalue weighted by molar-refractivity contribution is 5.80. The minimum absolute atomic E-state index is 0.197. The average molecular weight is 384 g/mol. The first-order valence-electron chi connectivity index (χ1n) is 9.61. The van der Waals surface area contributed by atoms with Gasteiger partial charge in [0.05, 0.1) is 13.2 Å². The lowest BCUT2D eigenvalue weighted by atomic mass is 10.00. The van der Waals surface area contributed by atoms with E-state index < -0.39 is 12.2 Å². The number of carbonyl (C=O) groups is 1. The third-order valence-corrected chi connectivity index (χ3v) is 4.91. The summed E-state index contributed by atoms with van der Waals surface area (Å²) in [6.45, 7) is 4.15. The van der Waals surface area contributed by atoms with Crippen LogP contribution < -0.4 is 14.8 Å². The van der Waals surface area contributed by atoms with Gasteiger partial charge in [0.15, 0.2) is 6.10 Å². The zero-order valence-corrected chi connectivity index (χ0v) is 16.4. The standard InChI is InChI=1S/C22H28N2O4/c1-16(28-21-9-5-8-20(12-21)27-2)22(26)23-13-19(25)15-24-11-10-17-6-3-4-7-18(17)14-24/h3-9,12,16,19,25H,10-11,13-15H2,1-2H3,(H,23,26). The van der Waals surface area contributed by atoms with Crippen LogP contribution in [0, 0.1) is 0 Å². The Hall–Kier alpha value is -2.57. The van der Waals surface area contributed by atoms with Crippen LogP contribution in [0.15, 0.2) is 48.5 Å². The number of ether oxygens (including phenoxy) is 2. The molecule has 0 radical (unpaired) electrons. The van der Waals surface area contributed by atoms with Gasteiger partial charge in [0, 0.05) is 32.2 Å². The molecule has 28 heavy (non-hydrogen) atoms. The number of hydrogen-bond donors (Lipinski definition) is 2. The molecule has 2 aromatic rings. The van der Waals surface area contributed by atoms with Crippen LogP contribution in [0.5, 0.6) is 11.5 Å². The number of hydrogen-bond acceptors (Lipinski definition) is 5. The van der Waals surface area contributed by atoms with Gasteiger partial charge in [0.1, 0.15) is 11.5 Å². The van der Waals surface area contributed by atoms with E-state index in [1.165, 1.54) is 11.1 Å². The van der Waals surface area contributed by atoms with Gasteiger partial charge in [0.25, 0.3) is 5.91 Å². The number of fused-ring (bicyclic) bond motifs is 1. The zero-order valence-electron chi connectivity index (χ0n) is 16.4. The maximum atomic E-state index is 12.3. The van der Waals surface area contributed by atoms with Crippen LogP contribution in [-0.2, 0) is 17.8 Å². The summed E-state index contributed by atoms with van der Waals surface area (Å²) in [6.07, 6.45) is -0.305. The molecule has 2 aromatic carbocycles. The van der Waals surface area contributed by atoms with E-state index in [1.807, 2.05) is 12.1 Å². The molecule has 0 aromatic heterocycles. The topological polar surface area (TPSA) is 71.0 Å². The number of amides is 1. The van der Waals surface area contributed by atoms with Crippen molar-refractivity contribution in [1.29, 1.82) is 0 Å². The van der Waals surface area contributed by atoms with Crippen molar-refractivity contribution in [2.45, 2.75) is 32.1 Å². The van der Waals surface area contributed by atoms with Crippen LogP contribution in [0.3, 0.4) is 0 Å². The highest BCUT2D eigenvalue weighted by Gasteiger charge is 2.20. The molecule has 0 saturated carbocycles. The number of nitrogens with one attached hydrogen (secondary N) is 1. The fourth-order valence-electron chi connectivity index (χ4n) is 3.37. The van der Waals surface area contributed by atoms with Gasteiger partial charge in [-0.15, -0.1) is 0 Å². The minimum atomic E-state index is -0.666. The minimum Gasteiger partial charge on any atom is -0.497 e. The smallest absolute Gasteiger partial charge is 0.260 e. The van der Waals surface area contributed by atoms with Gasteiger partial charge in [-0.25, -0.2) is 0 Å². The molecule has 150 valence electrons. The largest absolute Gasteiger partial charge is 0.497 e. The van der Waals surface area contributed by atoms with E-state index in [4.69, 9.17) is 9.47 Å². The number of aliphatic hydroxyl groups is 1. The van der Waals surface area contributed by atoms with Gasteiger partial charge < -0.3 is 19.9 Å². The van der Waals surface area contributed by atoms with E-state index in [0.29, 0.717) is 18.0 Å². The van der Waals surface area contributed by atoms with E-state index in [2.05, 4.69) is 28.4 Å². The quantitative estimate of drug-likeness (QED) is 0.728. The van der Waals surface area contributed by atoms with Crippen LogP contribution in [0.2, 0.25) is 0 Å². The van der Waals surface area contributed by atoms with Crippen molar-refractivity contribution < 1.29 is 19.4 Å². The van der Waals surface area contributed by atoms with Crippen LogP contribution in [0.4, 0.5) is 0 Å². The molecule has 0 fully saturated rings. The lowest BCUT2D eigenvalue weighted by Crippen LogP contribution is -2.44. The predicted molar refractivity (Wildman–Crippen MR) is 108 cm³/mol. The zero-order chi connectivity index (χ0) is 19.9. The second-order valence-electron chi connectivity index (χ2n) is 7.09. The normalized spacial score (nSPS) is 16.0. The van der Waals surface area contributed by atoms with Crippen molar-refractivity contribution in [3.8, 4) is 11.5 Å². The molecule has 2 unspecified atom stereocenters. The second kappa shape index (κ2) is 9.57. The Morgan fingerprint density at radius 2 is 1.93 bits per heavy atom. The molecule has 0 aliphatic carbocycles. The Kier molecular flexibility index (Phi) is 6.90. The number of benzene rings is 2. The second-order valence-corrected chi connectivity index (χ2v) is 7.09. The predicted octanol–water partition coefficient (Wildman–Crippen LogP) is 2.00. The Morgan fingerprint density at radius 3 is 2.71 bits per heavy atom. The van der Waals surface area contributed by atoms with Crippen LogP contribution >= 0.6 is 0 Å². The van der Waals surface area contributed by atoms with Gasteiger partial charge in [-0.1, -0.05) is 30.3 Å². The highest BCUT2D eigenvalue weighted by atomic mass is 16.5. The van der Waals surface area contributed by atoms with E-state index >= 15 is 0 Å². The van der Waals surface area contributed by atoms with Crippen molar-refractivity contribution in [3.63, 3.8) is 0 Å². The fraction of sp³-hybridized carbons (Fsp3) is 0.409. The first-order valence-corrected chi connectivity index (χ1v) is 9.61. The first kappa shape index (κ1) is 20.2. The fourth-order valence-corrected chi connectivity index (χ4v) is 3.37. The van der Waals surface area contributed by atoms with Crippen molar-refractivity contribution in [1.82, 2.24) is 10.2 Å². The molecule has 1 aliphatic heterocycles. The van der Waals surface area contributed by atoms with Crippen molar-refractivity contribution in [2.75, 3.05) is 26.7 Å². The Labute approximate surface area is 166 Å². The lowest BCUT2D eigenvalue weighted by Gasteiger charge is -2.30. The van der Waals surface area contributed by atoms with E-state index in [0.717, 1.165) is 19.5 Å². The summed E-state index contributed by atoms with van der Waals surface area (Å²) in [6, 6.07) is 15.5. The number of methoxy groups -OCH3 is 1. The molecular formula is C22H28N2O4. The molecule has 0 spiro atoms. The summed E-state index contributed by atoms with van der Waals surface area (Å²) in [5.74, 6) is 0.976. The van der Waals surface area contributed by atoms with E-state index in [1.54, 1.807) is 32.2 Å². The summed E-state index contributed by atoms with van der Waals surface area (Å²) in [5.41, 5.74) is 2.69. The Balaban J connectivity index is 1.42. The average Bonchev–Trinajstić information content (AvgIpc) is 2.72. The number of β-amino-alcohol motifs (C(OH)–C–C–N with tert-alkyl or cyclic N) is 1. The molecule has 0 bridgehead atoms. The SMILES string of the molecule is COc1cccc(OC(C)C(=O)NCC(O)CN2CCc3ccccc3C2)c1. The maximum Gasteiger partial charge on any atom is 0.260 e. The van der Waals surface area contributed by atoms with Gasteiger partial charge in [-0.2, -0.15) is 0 Å². The number of carbonyl (C=O) groups excluding carboxylic acids is 1. The third kappa shape index (κ3) is 5.47. The number of aliphatic hydroxyl groups excluding tert-OH is 1. The number of rotatable bonds is 8. The van der Waals surface area contributed by atoms with Crippen molar-refractivity contribution in [3.05, 3.63) is 59.7 Å². The van der Waals surface area contributed by atoms with E-state index in [-0.39, 0.29) is 12.5 Å². The molecule has 1 aliphatic rings. The molecule has 1 heterocycles. The summed E-state index contributed by atoms with van der Waals surface area (Å²) in [5, 5.41) is 13.1. The molecule has 0 saturated heterocycles. The monoisotopic (exact) mass is 384 g/mol. The summed E-state index contributed by atoms with van der Waals surface area (Å²) < 4.78 is 10.8. The molecular weight excluding hydrogens is 356 g/mol.